The predicted octanol–water partition coefficient (Wildman–Crippen LogP) is 4.44. The van der Waals surface area contributed by atoms with E-state index >= 15 is 0 Å². The van der Waals surface area contributed by atoms with Crippen molar-refractivity contribution in [2.24, 2.45) is 0 Å². The summed E-state index contributed by atoms with van der Waals surface area (Å²) in [6, 6.07) is 21.4. The molecule has 4 aromatic rings. The van der Waals surface area contributed by atoms with Gasteiger partial charge >= 0.3 is 5.97 Å². The first-order valence-electron chi connectivity index (χ1n) is 9.19. The van der Waals surface area contributed by atoms with Gasteiger partial charge in [0.05, 0.1) is 0 Å². The van der Waals surface area contributed by atoms with Crippen LogP contribution in [0.1, 0.15) is 12.0 Å². The highest BCUT2D eigenvalue weighted by Crippen LogP contribution is 2.23. The lowest BCUT2D eigenvalue weighted by molar-refractivity contribution is -0.147. The Bertz CT molecular complexity index is 1140. The fourth-order valence-corrected chi connectivity index (χ4v) is 3.31. The van der Waals surface area contributed by atoms with Crippen LogP contribution < -0.4 is 5.32 Å². The van der Waals surface area contributed by atoms with Gasteiger partial charge in [0.2, 0.25) is 0 Å². The molecule has 0 aliphatic heterocycles. The van der Waals surface area contributed by atoms with Crippen molar-refractivity contribution in [2.75, 3.05) is 11.9 Å². The maximum atomic E-state index is 12.2. The molecule has 140 valence electrons. The van der Waals surface area contributed by atoms with Gasteiger partial charge in [-0.3, -0.25) is 9.59 Å². The number of benzene rings is 3. The van der Waals surface area contributed by atoms with E-state index in [-0.39, 0.29) is 18.9 Å². The van der Waals surface area contributed by atoms with Gasteiger partial charge in [0, 0.05) is 34.6 Å². The van der Waals surface area contributed by atoms with Crippen LogP contribution in [0.15, 0.2) is 72.9 Å². The number of ether oxygens (including phenoxy) is 1. The molecular weight excluding hydrogens is 352 g/mol. The zero-order chi connectivity index (χ0) is 19.3. The minimum Gasteiger partial charge on any atom is -0.456 e. The number of aromatic amines is 1. The molecular formula is C23H20N2O3. The Morgan fingerprint density at radius 3 is 2.54 bits per heavy atom. The van der Waals surface area contributed by atoms with Crippen LogP contribution in [-0.2, 0) is 20.7 Å². The molecule has 28 heavy (non-hydrogen) atoms. The Labute approximate surface area is 162 Å². The molecule has 3 aromatic carbocycles. The summed E-state index contributed by atoms with van der Waals surface area (Å²) in [7, 11) is 0. The van der Waals surface area contributed by atoms with Gasteiger partial charge in [-0.2, -0.15) is 0 Å². The van der Waals surface area contributed by atoms with E-state index in [2.05, 4.69) is 10.3 Å². The standard InChI is InChI=1S/C23H20N2O3/c26-22(25-21-11-5-7-16-6-1-2-8-18(16)21)15-28-23(27)13-12-17-14-24-20-10-4-3-9-19(17)20/h1-11,14,24H,12-13,15H2,(H,25,26). The Morgan fingerprint density at radius 2 is 1.64 bits per heavy atom. The van der Waals surface area contributed by atoms with Crippen molar-refractivity contribution in [3.63, 3.8) is 0 Å². The van der Waals surface area contributed by atoms with Crippen molar-refractivity contribution in [1.82, 2.24) is 4.98 Å². The molecule has 5 heteroatoms. The van der Waals surface area contributed by atoms with Crippen LogP contribution >= 0.6 is 0 Å². The summed E-state index contributed by atoms with van der Waals surface area (Å²) in [6.07, 6.45) is 2.70. The summed E-state index contributed by atoms with van der Waals surface area (Å²) in [5.74, 6) is -0.741. The van der Waals surface area contributed by atoms with Gasteiger partial charge < -0.3 is 15.0 Å². The number of carbonyl (C=O) groups excluding carboxylic acids is 2. The molecule has 0 spiro atoms. The first kappa shape index (κ1) is 17.8. The summed E-state index contributed by atoms with van der Waals surface area (Å²) in [5.41, 5.74) is 2.81. The molecule has 0 fully saturated rings. The Kier molecular flexibility index (Phi) is 5.06. The third-order valence-electron chi connectivity index (χ3n) is 4.70. The number of aryl methyl sites for hydroxylation is 1. The second kappa shape index (κ2) is 7.96. The monoisotopic (exact) mass is 372 g/mol. The minimum absolute atomic E-state index is 0.226. The van der Waals surface area contributed by atoms with E-state index in [4.69, 9.17) is 4.74 Å². The molecule has 0 aliphatic carbocycles. The third kappa shape index (κ3) is 3.88. The van der Waals surface area contributed by atoms with Crippen LogP contribution in [-0.4, -0.2) is 23.5 Å². The largest absolute Gasteiger partial charge is 0.456 e. The lowest BCUT2D eigenvalue weighted by Crippen LogP contribution is -2.21. The number of aromatic nitrogens is 1. The van der Waals surface area contributed by atoms with Gasteiger partial charge in [-0.05, 0) is 29.5 Å². The van der Waals surface area contributed by atoms with Crippen LogP contribution in [0.2, 0.25) is 0 Å². The zero-order valence-corrected chi connectivity index (χ0v) is 15.3. The average Bonchev–Trinajstić information content (AvgIpc) is 3.14. The SMILES string of the molecule is O=C(COC(=O)CCc1c[nH]c2ccccc12)Nc1cccc2ccccc12. The molecule has 0 radical (unpaired) electrons. The molecule has 1 aromatic heterocycles. The number of H-pyrrole nitrogens is 1. The maximum absolute atomic E-state index is 12.2. The molecule has 0 bridgehead atoms. The Morgan fingerprint density at radius 1 is 0.893 bits per heavy atom. The van der Waals surface area contributed by atoms with Gasteiger partial charge in [0.15, 0.2) is 6.61 Å². The van der Waals surface area contributed by atoms with Gasteiger partial charge in [-0.15, -0.1) is 0 Å². The summed E-state index contributed by atoms with van der Waals surface area (Å²) in [6.45, 7) is -0.296. The van der Waals surface area contributed by atoms with Crippen molar-refractivity contribution in [3.8, 4) is 0 Å². The number of rotatable bonds is 6. The normalized spacial score (nSPS) is 10.9. The van der Waals surface area contributed by atoms with Gasteiger partial charge in [0.1, 0.15) is 0 Å². The van der Waals surface area contributed by atoms with E-state index in [0.717, 1.165) is 27.2 Å². The smallest absolute Gasteiger partial charge is 0.306 e. The first-order valence-corrected chi connectivity index (χ1v) is 9.19. The van der Waals surface area contributed by atoms with Gasteiger partial charge in [0.25, 0.3) is 5.91 Å². The van der Waals surface area contributed by atoms with Crippen LogP contribution in [0.3, 0.4) is 0 Å². The molecule has 0 saturated carbocycles. The number of anilines is 1. The molecule has 0 saturated heterocycles. The molecule has 2 N–H and O–H groups in total. The summed E-state index contributed by atoms with van der Waals surface area (Å²) in [4.78, 5) is 27.4. The van der Waals surface area contributed by atoms with Crippen LogP contribution in [0.4, 0.5) is 5.69 Å². The van der Waals surface area contributed by atoms with Crippen LogP contribution in [0, 0.1) is 0 Å². The molecule has 5 nitrogen and oxygen atoms in total. The number of hydrogen-bond acceptors (Lipinski definition) is 3. The summed E-state index contributed by atoms with van der Waals surface area (Å²) in [5, 5.41) is 5.90. The lowest BCUT2D eigenvalue weighted by Gasteiger charge is -2.09. The zero-order valence-electron chi connectivity index (χ0n) is 15.3. The molecule has 4 rings (SSSR count). The lowest BCUT2D eigenvalue weighted by atomic mass is 10.1. The molecule has 0 unspecified atom stereocenters. The second-order valence-corrected chi connectivity index (χ2v) is 6.60. The van der Waals surface area contributed by atoms with Crippen LogP contribution in [0.25, 0.3) is 21.7 Å². The molecule has 0 aliphatic rings. The number of hydrogen-bond donors (Lipinski definition) is 2. The summed E-state index contributed by atoms with van der Waals surface area (Å²) >= 11 is 0. The first-order chi connectivity index (χ1) is 13.7. The van der Waals surface area contributed by atoms with E-state index in [1.165, 1.54) is 0 Å². The highest BCUT2D eigenvalue weighted by atomic mass is 16.5. The minimum atomic E-state index is -0.390. The van der Waals surface area contributed by atoms with Crippen LogP contribution in [0.5, 0.6) is 0 Å². The molecule has 1 amide bonds. The Balaban J connectivity index is 1.30. The number of nitrogens with one attached hydrogen (secondary N) is 2. The number of fused-ring (bicyclic) bond motifs is 2. The van der Waals surface area contributed by atoms with Crippen molar-refractivity contribution in [2.45, 2.75) is 12.8 Å². The molecule has 1 heterocycles. The topological polar surface area (TPSA) is 71.2 Å². The quantitative estimate of drug-likeness (QED) is 0.492. The summed E-state index contributed by atoms with van der Waals surface area (Å²) < 4.78 is 5.14. The number of para-hydroxylation sites is 1. The van der Waals surface area contributed by atoms with E-state index in [9.17, 15) is 9.59 Å². The number of amides is 1. The van der Waals surface area contributed by atoms with Crippen molar-refractivity contribution >= 4 is 39.2 Å². The average molecular weight is 372 g/mol. The van der Waals surface area contributed by atoms with Crippen molar-refractivity contribution in [3.05, 3.63) is 78.5 Å². The van der Waals surface area contributed by atoms with Crippen molar-refractivity contribution < 1.29 is 14.3 Å². The van der Waals surface area contributed by atoms with E-state index < -0.39 is 5.97 Å². The van der Waals surface area contributed by atoms with E-state index in [1.54, 1.807) is 0 Å². The van der Waals surface area contributed by atoms with Crippen molar-refractivity contribution in [1.29, 1.82) is 0 Å². The number of esters is 1. The number of carbonyl (C=O) groups is 2. The van der Waals surface area contributed by atoms with Gasteiger partial charge in [-0.25, -0.2) is 0 Å². The van der Waals surface area contributed by atoms with E-state index in [1.807, 2.05) is 72.9 Å². The fourth-order valence-electron chi connectivity index (χ4n) is 3.31. The Hall–Kier alpha value is -3.60. The maximum Gasteiger partial charge on any atom is 0.306 e. The highest BCUT2D eigenvalue weighted by Gasteiger charge is 2.11. The predicted molar refractivity (Wildman–Crippen MR) is 110 cm³/mol. The van der Waals surface area contributed by atoms with Gasteiger partial charge in [-0.1, -0.05) is 54.6 Å². The highest BCUT2D eigenvalue weighted by molar-refractivity contribution is 6.02. The molecule has 0 atom stereocenters. The second-order valence-electron chi connectivity index (χ2n) is 6.60. The third-order valence-corrected chi connectivity index (χ3v) is 4.70. The van der Waals surface area contributed by atoms with E-state index in [0.29, 0.717) is 12.1 Å². The fraction of sp³-hybridized carbons (Fsp3) is 0.130.